The van der Waals surface area contributed by atoms with E-state index in [9.17, 15) is 13.2 Å². The summed E-state index contributed by atoms with van der Waals surface area (Å²) in [6.07, 6.45) is 3.37. The predicted molar refractivity (Wildman–Crippen MR) is 129 cm³/mol. The fourth-order valence-electron chi connectivity index (χ4n) is 4.37. The topological polar surface area (TPSA) is 64.2 Å². The highest BCUT2D eigenvalue weighted by molar-refractivity contribution is 7.89. The van der Waals surface area contributed by atoms with E-state index < -0.39 is 10.0 Å². The van der Waals surface area contributed by atoms with E-state index in [-0.39, 0.29) is 10.8 Å². The van der Waals surface area contributed by atoms with Gasteiger partial charge in [0.25, 0.3) is 5.91 Å². The molecule has 2 aliphatic heterocycles. The van der Waals surface area contributed by atoms with Crippen LogP contribution in [0.2, 0.25) is 0 Å². The van der Waals surface area contributed by atoms with E-state index in [1.54, 1.807) is 23.5 Å². The molecule has 2 aliphatic rings. The molecule has 0 unspecified atom stereocenters. The Bertz CT molecular complexity index is 1020. The number of amides is 1. The molecule has 0 spiro atoms. The fourth-order valence-corrected chi connectivity index (χ4v) is 6.05. The normalized spacial score (nSPS) is 18.3. The largest absolute Gasteiger partial charge is 0.371 e. The molecule has 0 radical (unpaired) electrons. The van der Waals surface area contributed by atoms with Crippen molar-refractivity contribution >= 4 is 33.0 Å². The minimum atomic E-state index is -3.61. The van der Waals surface area contributed by atoms with Crippen LogP contribution in [0.15, 0.2) is 40.6 Å². The summed E-state index contributed by atoms with van der Waals surface area (Å²) in [6.45, 7) is 5.64. The van der Waals surface area contributed by atoms with E-state index in [0.717, 1.165) is 51.3 Å². The summed E-state index contributed by atoms with van der Waals surface area (Å²) < 4.78 is 26.7. The lowest BCUT2D eigenvalue weighted by molar-refractivity contribution is 0.0630. The van der Waals surface area contributed by atoms with Gasteiger partial charge < -0.3 is 9.80 Å². The van der Waals surface area contributed by atoms with Crippen LogP contribution in [0, 0.1) is 0 Å². The molecule has 174 valence electrons. The van der Waals surface area contributed by atoms with Gasteiger partial charge in [0.2, 0.25) is 10.0 Å². The smallest absolute Gasteiger partial charge is 0.256 e. The SMILES string of the molecule is CN(C)S(=O)(=O)c1ccc(N2CCCCC2)c(C(=O)N2CCN(Cc3cccs3)CC2)c1. The molecule has 1 aromatic carbocycles. The van der Waals surface area contributed by atoms with Crippen molar-refractivity contribution in [2.24, 2.45) is 0 Å². The molecule has 7 nitrogen and oxygen atoms in total. The number of piperazine rings is 1. The number of nitrogens with zero attached hydrogens (tertiary/aromatic N) is 4. The minimum Gasteiger partial charge on any atom is -0.371 e. The summed E-state index contributed by atoms with van der Waals surface area (Å²) in [7, 11) is -0.580. The number of sulfonamides is 1. The first kappa shape index (κ1) is 23.2. The molecule has 2 aromatic rings. The highest BCUT2D eigenvalue weighted by atomic mass is 32.2. The monoisotopic (exact) mass is 476 g/mol. The van der Waals surface area contributed by atoms with Crippen molar-refractivity contribution < 1.29 is 13.2 Å². The highest BCUT2D eigenvalue weighted by Crippen LogP contribution is 2.29. The number of anilines is 1. The van der Waals surface area contributed by atoms with Gasteiger partial charge in [0.15, 0.2) is 0 Å². The van der Waals surface area contributed by atoms with E-state index >= 15 is 0 Å². The van der Waals surface area contributed by atoms with Crippen LogP contribution in [-0.2, 0) is 16.6 Å². The summed E-state index contributed by atoms with van der Waals surface area (Å²) in [6, 6.07) is 9.25. The highest BCUT2D eigenvalue weighted by Gasteiger charge is 2.28. The zero-order valence-corrected chi connectivity index (χ0v) is 20.5. The Morgan fingerprint density at radius 2 is 1.72 bits per heavy atom. The van der Waals surface area contributed by atoms with Crippen LogP contribution in [0.1, 0.15) is 34.5 Å². The Kier molecular flexibility index (Phi) is 7.19. The van der Waals surface area contributed by atoms with Crippen molar-refractivity contribution in [3.8, 4) is 0 Å². The summed E-state index contributed by atoms with van der Waals surface area (Å²) >= 11 is 1.76. The number of benzene rings is 1. The van der Waals surface area contributed by atoms with Gasteiger partial charge in [-0.25, -0.2) is 12.7 Å². The summed E-state index contributed by atoms with van der Waals surface area (Å²) in [5.41, 5.74) is 1.36. The van der Waals surface area contributed by atoms with E-state index in [4.69, 9.17) is 0 Å². The maximum absolute atomic E-state index is 13.6. The van der Waals surface area contributed by atoms with Gasteiger partial charge in [0.05, 0.1) is 10.5 Å². The molecule has 0 aliphatic carbocycles. The molecule has 0 bridgehead atoms. The molecular weight excluding hydrogens is 444 g/mol. The van der Waals surface area contributed by atoms with Crippen molar-refractivity contribution in [3.05, 3.63) is 46.2 Å². The van der Waals surface area contributed by atoms with Gasteiger partial charge in [-0.05, 0) is 48.9 Å². The molecule has 0 atom stereocenters. The molecule has 1 aromatic heterocycles. The zero-order valence-electron chi connectivity index (χ0n) is 18.9. The first-order valence-corrected chi connectivity index (χ1v) is 13.5. The van der Waals surface area contributed by atoms with Gasteiger partial charge in [0, 0.05) is 70.5 Å². The average molecular weight is 477 g/mol. The van der Waals surface area contributed by atoms with Gasteiger partial charge in [-0.3, -0.25) is 9.69 Å². The van der Waals surface area contributed by atoms with Gasteiger partial charge >= 0.3 is 0 Å². The van der Waals surface area contributed by atoms with Crippen LogP contribution in [-0.4, -0.2) is 81.8 Å². The van der Waals surface area contributed by atoms with Crippen LogP contribution in [0.3, 0.4) is 0 Å². The zero-order chi connectivity index (χ0) is 22.7. The average Bonchev–Trinajstić information content (AvgIpc) is 3.32. The third kappa shape index (κ3) is 5.01. The fraction of sp³-hybridized carbons (Fsp3) is 0.522. The standard InChI is InChI=1S/C23H32N4O3S2/c1-24(2)32(29,30)20-8-9-22(26-10-4-3-5-11-26)21(17-20)23(28)27-14-12-25(13-15-27)18-19-7-6-16-31-19/h6-9,16-17H,3-5,10-15,18H2,1-2H3. The summed E-state index contributed by atoms with van der Waals surface area (Å²) in [4.78, 5) is 21.6. The van der Waals surface area contributed by atoms with Crippen LogP contribution >= 0.6 is 11.3 Å². The molecule has 3 heterocycles. The summed E-state index contributed by atoms with van der Waals surface area (Å²) in [5, 5.41) is 2.09. The molecular formula is C23H32N4O3S2. The maximum Gasteiger partial charge on any atom is 0.256 e. The number of thiophene rings is 1. The van der Waals surface area contributed by atoms with E-state index in [1.165, 1.54) is 29.7 Å². The second kappa shape index (κ2) is 9.91. The van der Waals surface area contributed by atoms with Gasteiger partial charge in [0.1, 0.15) is 0 Å². The van der Waals surface area contributed by atoms with Crippen molar-refractivity contribution in [1.82, 2.24) is 14.1 Å². The van der Waals surface area contributed by atoms with Gasteiger partial charge in [-0.1, -0.05) is 6.07 Å². The Balaban J connectivity index is 1.56. The molecule has 4 rings (SSSR count). The lowest BCUT2D eigenvalue weighted by Gasteiger charge is -2.36. The van der Waals surface area contributed by atoms with Crippen molar-refractivity contribution in [2.45, 2.75) is 30.7 Å². The predicted octanol–water partition coefficient (Wildman–Crippen LogP) is 2.95. The number of carbonyl (C=O) groups excluding carboxylic acids is 1. The third-order valence-corrected chi connectivity index (χ3v) is 8.97. The van der Waals surface area contributed by atoms with Gasteiger partial charge in [-0.2, -0.15) is 0 Å². The van der Waals surface area contributed by atoms with Crippen molar-refractivity contribution in [1.29, 1.82) is 0 Å². The van der Waals surface area contributed by atoms with Crippen molar-refractivity contribution in [3.63, 3.8) is 0 Å². The lowest BCUT2D eigenvalue weighted by atomic mass is 10.1. The molecule has 0 saturated carbocycles. The Morgan fingerprint density at radius 3 is 2.34 bits per heavy atom. The van der Waals surface area contributed by atoms with Crippen molar-refractivity contribution in [2.75, 3.05) is 58.3 Å². The maximum atomic E-state index is 13.6. The number of hydrogen-bond donors (Lipinski definition) is 0. The molecule has 2 saturated heterocycles. The van der Waals surface area contributed by atoms with E-state index in [2.05, 4.69) is 27.3 Å². The summed E-state index contributed by atoms with van der Waals surface area (Å²) in [5.74, 6) is -0.0721. The number of rotatable bonds is 6. The Labute approximate surface area is 195 Å². The quantitative estimate of drug-likeness (QED) is 0.642. The van der Waals surface area contributed by atoms with Crippen LogP contribution < -0.4 is 4.90 Å². The first-order chi connectivity index (χ1) is 15.4. The molecule has 1 amide bonds. The first-order valence-electron chi connectivity index (χ1n) is 11.2. The molecule has 9 heteroatoms. The third-order valence-electron chi connectivity index (χ3n) is 6.29. The second-order valence-electron chi connectivity index (χ2n) is 8.66. The molecule has 2 fully saturated rings. The number of carbonyl (C=O) groups is 1. The number of hydrogen-bond acceptors (Lipinski definition) is 6. The minimum absolute atomic E-state index is 0.0721. The second-order valence-corrected chi connectivity index (χ2v) is 11.8. The van der Waals surface area contributed by atoms with Gasteiger partial charge in [-0.15, -0.1) is 11.3 Å². The lowest BCUT2D eigenvalue weighted by Crippen LogP contribution is -2.48. The van der Waals surface area contributed by atoms with E-state index in [1.807, 2.05) is 11.0 Å². The molecule has 0 N–H and O–H groups in total. The van der Waals surface area contributed by atoms with Crippen LogP contribution in [0.5, 0.6) is 0 Å². The van der Waals surface area contributed by atoms with Crippen LogP contribution in [0.4, 0.5) is 5.69 Å². The van der Waals surface area contributed by atoms with Crippen LogP contribution in [0.25, 0.3) is 0 Å². The Hall–Kier alpha value is -1.94. The number of piperidine rings is 1. The van der Waals surface area contributed by atoms with E-state index in [0.29, 0.717) is 18.7 Å². The molecule has 32 heavy (non-hydrogen) atoms. The Morgan fingerprint density at radius 1 is 1.00 bits per heavy atom.